The smallest absolute Gasteiger partial charge is 0.328 e. The molecule has 2 rings (SSSR count). The minimum Gasteiger partial charge on any atom is -0.464 e. The van der Waals surface area contributed by atoms with Crippen molar-refractivity contribution in [2.24, 2.45) is 0 Å². The molecule has 1 unspecified atom stereocenters. The third-order valence-electron chi connectivity index (χ3n) is 2.72. The van der Waals surface area contributed by atoms with Gasteiger partial charge in [-0.05, 0) is 32.0 Å². The van der Waals surface area contributed by atoms with E-state index in [9.17, 15) is 9.59 Å². The van der Waals surface area contributed by atoms with Gasteiger partial charge < -0.3 is 10.1 Å². The van der Waals surface area contributed by atoms with Crippen molar-refractivity contribution < 1.29 is 14.3 Å². The van der Waals surface area contributed by atoms with Crippen molar-refractivity contribution in [3.8, 4) is 0 Å². The van der Waals surface area contributed by atoms with Crippen LogP contribution in [-0.4, -0.2) is 34.5 Å². The number of hydrogen-bond acceptors (Lipinski definition) is 5. The molecule has 0 saturated heterocycles. The van der Waals surface area contributed by atoms with Gasteiger partial charge in [0.25, 0.3) is 5.91 Å². The van der Waals surface area contributed by atoms with Gasteiger partial charge in [0.1, 0.15) is 6.04 Å². The van der Waals surface area contributed by atoms with E-state index < -0.39 is 12.0 Å². The molecule has 0 fully saturated rings. The lowest BCUT2D eigenvalue weighted by atomic mass is 10.1. The van der Waals surface area contributed by atoms with Crippen molar-refractivity contribution in [3.63, 3.8) is 0 Å². The molecule has 20 heavy (non-hydrogen) atoms. The molecular weight excluding hydrogens is 258 g/mol. The molecule has 104 valence electrons. The molecule has 6 nitrogen and oxygen atoms in total. The van der Waals surface area contributed by atoms with Gasteiger partial charge in [-0.25, -0.2) is 4.79 Å². The first-order chi connectivity index (χ1) is 9.61. The van der Waals surface area contributed by atoms with Crippen LogP contribution in [0.1, 0.15) is 24.2 Å². The van der Waals surface area contributed by atoms with Crippen molar-refractivity contribution in [2.45, 2.75) is 19.9 Å². The van der Waals surface area contributed by atoms with Gasteiger partial charge in [-0.15, -0.1) is 0 Å². The Morgan fingerprint density at radius 2 is 1.95 bits per heavy atom. The number of carbonyl (C=O) groups excluding carboxylic acids is 2. The number of esters is 1. The van der Waals surface area contributed by atoms with Crippen LogP contribution in [0.3, 0.4) is 0 Å². The Balaban J connectivity index is 2.13. The number of aromatic nitrogens is 2. The number of nitrogens with zero attached hydrogens (tertiary/aromatic N) is 2. The van der Waals surface area contributed by atoms with Crippen molar-refractivity contribution in [2.75, 3.05) is 6.61 Å². The number of benzene rings is 1. The maximum Gasteiger partial charge on any atom is 0.328 e. The van der Waals surface area contributed by atoms with E-state index in [2.05, 4.69) is 15.3 Å². The molecule has 2 aromatic rings. The highest BCUT2D eigenvalue weighted by Crippen LogP contribution is 2.11. The second-order valence-electron chi connectivity index (χ2n) is 4.21. The van der Waals surface area contributed by atoms with E-state index in [-0.39, 0.29) is 12.5 Å². The predicted molar refractivity (Wildman–Crippen MR) is 73.1 cm³/mol. The van der Waals surface area contributed by atoms with Gasteiger partial charge in [-0.3, -0.25) is 14.8 Å². The van der Waals surface area contributed by atoms with Crippen LogP contribution in [0.2, 0.25) is 0 Å². The van der Waals surface area contributed by atoms with Crippen LogP contribution in [0.5, 0.6) is 0 Å². The molecule has 0 aliphatic carbocycles. The number of nitrogens with one attached hydrogen (secondary N) is 1. The summed E-state index contributed by atoms with van der Waals surface area (Å²) in [6.07, 6.45) is 3.15. The van der Waals surface area contributed by atoms with Gasteiger partial charge in [-0.2, -0.15) is 0 Å². The summed E-state index contributed by atoms with van der Waals surface area (Å²) >= 11 is 0. The van der Waals surface area contributed by atoms with Crippen molar-refractivity contribution in [3.05, 3.63) is 36.2 Å². The Kier molecular flexibility index (Phi) is 4.24. The highest BCUT2D eigenvalue weighted by atomic mass is 16.5. The van der Waals surface area contributed by atoms with Crippen molar-refractivity contribution in [1.29, 1.82) is 0 Å². The molecule has 0 radical (unpaired) electrons. The van der Waals surface area contributed by atoms with E-state index in [0.717, 1.165) is 0 Å². The average Bonchev–Trinajstić information content (AvgIpc) is 2.46. The lowest BCUT2D eigenvalue weighted by molar-refractivity contribution is -0.144. The Morgan fingerprint density at radius 3 is 2.65 bits per heavy atom. The van der Waals surface area contributed by atoms with Gasteiger partial charge in [0.2, 0.25) is 0 Å². The molecule has 1 aromatic heterocycles. The molecule has 0 aliphatic heterocycles. The number of fused-ring (bicyclic) bond motifs is 1. The summed E-state index contributed by atoms with van der Waals surface area (Å²) in [7, 11) is 0. The van der Waals surface area contributed by atoms with E-state index in [0.29, 0.717) is 16.6 Å². The normalized spacial score (nSPS) is 11.9. The number of hydrogen-bond donors (Lipinski definition) is 1. The summed E-state index contributed by atoms with van der Waals surface area (Å²) in [5.74, 6) is -0.806. The zero-order chi connectivity index (χ0) is 14.5. The molecule has 0 spiro atoms. The van der Waals surface area contributed by atoms with E-state index in [4.69, 9.17) is 4.74 Å². The SMILES string of the molecule is CCOC(=O)C(C)NC(=O)c1ccc2nccnc2c1. The maximum absolute atomic E-state index is 12.0. The second kappa shape index (κ2) is 6.10. The lowest BCUT2D eigenvalue weighted by Gasteiger charge is -2.12. The first kappa shape index (κ1) is 13.9. The van der Waals surface area contributed by atoms with Crippen LogP contribution < -0.4 is 5.32 Å². The van der Waals surface area contributed by atoms with Crippen molar-refractivity contribution >= 4 is 22.9 Å². The zero-order valence-electron chi connectivity index (χ0n) is 11.3. The molecule has 1 N–H and O–H groups in total. The van der Waals surface area contributed by atoms with Crippen LogP contribution in [0, 0.1) is 0 Å². The lowest BCUT2D eigenvalue weighted by Crippen LogP contribution is -2.39. The standard InChI is InChI=1S/C14H15N3O3/c1-3-20-14(19)9(2)17-13(18)10-4-5-11-12(8-10)16-7-6-15-11/h4-9H,3H2,1-2H3,(H,17,18). The summed E-state index contributed by atoms with van der Waals surface area (Å²) < 4.78 is 4.83. The molecule has 6 heteroatoms. The van der Waals surface area contributed by atoms with E-state index in [1.807, 2.05) is 0 Å². The average molecular weight is 273 g/mol. The van der Waals surface area contributed by atoms with E-state index >= 15 is 0 Å². The Hall–Kier alpha value is -2.50. The number of amides is 1. The fourth-order valence-corrected chi connectivity index (χ4v) is 1.71. The minimum atomic E-state index is -0.694. The predicted octanol–water partition coefficient (Wildman–Crippen LogP) is 1.31. The topological polar surface area (TPSA) is 81.2 Å². The van der Waals surface area contributed by atoms with E-state index in [1.54, 1.807) is 44.4 Å². The van der Waals surface area contributed by atoms with Crippen LogP contribution in [0.15, 0.2) is 30.6 Å². The van der Waals surface area contributed by atoms with Crippen LogP contribution >= 0.6 is 0 Å². The zero-order valence-corrected chi connectivity index (χ0v) is 11.3. The minimum absolute atomic E-state index is 0.282. The van der Waals surface area contributed by atoms with Gasteiger partial charge >= 0.3 is 5.97 Å². The fourth-order valence-electron chi connectivity index (χ4n) is 1.71. The molecular formula is C14H15N3O3. The molecule has 1 heterocycles. The first-order valence-electron chi connectivity index (χ1n) is 6.30. The highest BCUT2D eigenvalue weighted by Gasteiger charge is 2.17. The largest absolute Gasteiger partial charge is 0.464 e. The Labute approximate surface area is 116 Å². The third-order valence-corrected chi connectivity index (χ3v) is 2.72. The van der Waals surface area contributed by atoms with Crippen LogP contribution in [0.4, 0.5) is 0 Å². The quantitative estimate of drug-likeness (QED) is 0.849. The van der Waals surface area contributed by atoms with Gasteiger partial charge in [0, 0.05) is 18.0 Å². The Morgan fingerprint density at radius 1 is 1.25 bits per heavy atom. The first-order valence-corrected chi connectivity index (χ1v) is 6.30. The second-order valence-corrected chi connectivity index (χ2v) is 4.21. The molecule has 0 saturated carbocycles. The third kappa shape index (κ3) is 3.09. The summed E-state index contributed by atoms with van der Waals surface area (Å²) in [6.45, 7) is 3.58. The summed E-state index contributed by atoms with van der Waals surface area (Å²) in [6, 6.07) is 4.30. The van der Waals surface area contributed by atoms with Gasteiger partial charge in [-0.1, -0.05) is 0 Å². The number of carbonyl (C=O) groups is 2. The fraction of sp³-hybridized carbons (Fsp3) is 0.286. The number of ether oxygens (including phenoxy) is 1. The van der Waals surface area contributed by atoms with Crippen LogP contribution in [-0.2, 0) is 9.53 Å². The van der Waals surface area contributed by atoms with Crippen molar-refractivity contribution in [1.82, 2.24) is 15.3 Å². The van der Waals surface area contributed by atoms with Crippen LogP contribution in [0.25, 0.3) is 11.0 Å². The summed E-state index contributed by atoms with van der Waals surface area (Å²) in [4.78, 5) is 31.8. The van der Waals surface area contributed by atoms with Gasteiger partial charge in [0.15, 0.2) is 0 Å². The molecule has 0 bridgehead atoms. The highest BCUT2D eigenvalue weighted by molar-refractivity contribution is 5.99. The molecule has 1 amide bonds. The van der Waals surface area contributed by atoms with E-state index in [1.165, 1.54) is 0 Å². The summed E-state index contributed by atoms with van der Waals surface area (Å²) in [5, 5.41) is 2.58. The molecule has 0 aliphatic rings. The summed E-state index contributed by atoms with van der Waals surface area (Å²) in [5.41, 5.74) is 1.76. The monoisotopic (exact) mass is 273 g/mol. The Bertz CT molecular complexity index is 642. The van der Waals surface area contributed by atoms with Gasteiger partial charge in [0.05, 0.1) is 17.6 Å². The maximum atomic E-state index is 12.0. The molecule has 1 atom stereocenters. The molecule has 1 aromatic carbocycles. The number of rotatable bonds is 4.